The smallest absolute Gasteiger partial charge is 0.480 e. The van der Waals surface area contributed by atoms with Gasteiger partial charge in [0.2, 0.25) is 0 Å². The van der Waals surface area contributed by atoms with Gasteiger partial charge in [0.25, 0.3) is 0 Å². The zero-order chi connectivity index (χ0) is 24.3. The van der Waals surface area contributed by atoms with E-state index in [0.29, 0.717) is 5.56 Å². The van der Waals surface area contributed by atoms with E-state index in [0.717, 1.165) is 0 Å². The first-order valence-corrected chi connectivity index (χ1v) is 10.1. The molecule has 3 N–H and O–H groups in total. The second kappa shape index (κ2) is 13.2. The molecule has 0 bridgehead atoms. The maximum Gasteiger partial charge on any atom is 0.513 e. The Morgan fingerprint density at radius 1 is 0.938 bits per heavy atom. The normalized spacial score (nSPS) is 13.3. The van der Waals surface area contributed by atoms with Crippen LogP contribution in [0.25, 0.3) is 0 Å². The highest BCUT2D eigenvalue weighted by atomic mass is 16.7. The number of nitrogens with two attached hydrogens (primary N) is 1. The minimum Gasteiger partial charge on any atom is -0.480 e. The Kier molecular flexibility index (Phi) is 11.0. The van der Waals surface area contributed by atoms with Gasteiger partial charge in [0, 0.05) is 12.3 Å². The quantitative estimate of drug-likeness (QED) is 0.287. The standard InChI is InChI=1S/C21H29NO10/c1-5-16(23)30-11-12(4)17(18(22)19(24)25)13-8-9-14(31-20(26)28-6-2)15(10-13)32-21(27)29-7-3/h8-10,12,17-18H,5-7,11,22H2,1-4H3,(H,24,25)/t12?,17?,18-/m0/s1. The molecule has 0 saturated carbocycles. The molecule has 1 aromatic rings. The van der Waals surface area contributed by atoms with E-state index in [2.05, 4.69) is 0 Å². The molecule has 0 heterocycles. The summed E-state index contributed by atoms with van der Waals surface area (Å²) in [7, 11) is 0. The monoisotopic (exact) mass is 455 g/mol. The van der Waals surface area contributed by atoms with Gasteiger partial charge in [0.15, 0.2) is 11.5 Å². The Morgan fingerprint density at radius 2 is 1.50 bits per heavy atom. The Hall–Kier alpha value is -3.34. The van der Waals surface area contributed by atoms with E-state index in [-0.39, 0.29) is 37.7 Å². The molecule has 2 unspecified atom stereocenters. The zero-order valence-electron chi connectivity index (χ0n) is 18.5. The van der Waals surface area contributed by atoms with E-state index in [1.165, 1.54) is 18.2 Å². The lowest BCUT2D eigenvalue weighted by atomic mass is 9.82. The van der Waals surface area contributed by atoms with Crippen LogP contribution in [0.4, 0.5) is 9.59 Å². The average molecular weight is 455 g/mol. The van der Waals surface area contributed by atoms with Crippen LogP contribution in [0.2, 0.25) is 0 Å². The number of aliphatic carboxylic acids is 1. The van der Waals surface area contributed by atoms with Crippen LogP contribution in [0.15, 0.2) is 18.2 Å². The summed E-state index contributed by atoms with van der Waals surface area (Å²) in [5.74, 6) is -3.41. The molecule has 0 saturated heterocycles. The lowest BCUT2D eigenvalue weighted by Crippen LogP contribution is -2.40. The predicted molar refractivity (Wildman–Crippen MR) is 111 cm³/mol. The third kappa shape index (κ3) is 8.06. The number of benzene rings is 1. The molecule has 32 heavy (non-hydrogen) atoms. The van der Waals surface area contributed by atoms with Gasteiger partial charge in [-0.25, -0.2) is 9.59 Å². The largest absolute Gasteiger partial charge is 0.513 e. The minimum atomic E-state index is -1.36. The van der Waals surface area contributed by atoms with E-state index in [1.807, 2.05) is 0 Å². The van der Waals surface area contributed by atoms with Crippen molar-refractivity contribution in [1.29, 1.82) is 0 Å². The van der Waals surface area contributed by atoms with Crippen LogP contribution in [0, 0.1) is 5.92 Å². The average Bonchev–Trinajstić information content (AvgIpc) is 2.74. The fourth-order valence-corrected chi connectivity index (χ4v) is 2.84. The third-order valence-electron chi connectivity index (χ3n) is 4.34. The number of hydrogen-bond donors (Lipinski definition) is 2. The van der Waals surface area contributed by atoms with Gasteiger partial charge < -0.3 is 34.5 Å². The fourth-order valence-electron chi connectivity index (χ4n) is 2.84. The van der Waals surface area contributed by atoms with Crippen molar-refractivity contribution < 1.29 is 48.0 Å². The van der Waals surface area contributed by atoms with Crippen LogP contribution in [-0.2, 0) is 23.8 Å². The van der Waals surface area contributed by atoms with Crippen LogP contribution in [-0.4, -0.2) is 55.2 Å². The lowest BCUT2D eigenvalue weighted by molar-refractivity contribution is -0.145. The SMILES string of the molecule is CCOC(=O)Oc1ccc(C(C(C)COC(=O)CC)[C@H](N)C(=O)O)cc1OC(=O)OCC. The summed E-state index contributed by atoms with van der Waals surface area (Å²) < 4.78 is 24.8. The Morgan fingerprint density at radius 3 is 2.00 bits per heavy atom. The molecular formula is C21H29NO10. The number of carbonyl (C=O) groups is 4. The molecule has 0 radical (unpaired) electrons. The van der Waals surface area contributed by atoms with Crippen molar-refractivity contribution in [3.05, 3.63) is 23.8 Å². The molecule has 0 spiro atoms. The number of hydrogen-bond acceptors (Lipinski definition) is 10. The van der Waals surface area contributed by atoms with Gasteiger partial charge in [-0.3, -0.25) is 9.59 Å². The zero-order valence-corrected chi connectivity index (χ0v) is 18.5. The van der Waals surface area contributed by atoms with Gasteiger partial charge in [0.05, 0.1) is 19.8 Å². The van der Waals surface area contributed by atoms with Crippen molar-refractivity contribution in [2.24, 2.45) is 11.7 Å². The molecule has 1 aromatic carbocycles. The van der Waals surface area contributed by atoms with Crippen LogP contribution in [0.1, 0.15) is 45.6 Å². The van der Waals surface area contributed by atoms with Gasteiger partial charge in [-0.05, 0) is 37.5 Å². The molecule has 11 heteroatoms. The molecule has 0 amide bonds. The maximum atomic E-state index is 11.9. The van der Waals surface area contributed by atoms with E-state index in [9.17, 15) is 24.3 Å². The van der Waals surface area contributed by atoms with Crippen molar-refractivity contribution in [1.82, 2.24) is 0 Å². The number of carboxylic acid groups (broad SMARTS) is 1. The predicted octanol–water partition coefficient (Wildman–Crippen LogP) is 2.84. The van der Waals surface area contributed by atoms with Crippen LogP contribution in [0.3, 0.4) is 0 Å². The molecule has 3 atom stereocenters. The van der Waals surface area contributed by atoms with Crippen molar-refractivity contribution in [3.63, 3.8) is 0 Å². The second-order valence-electron chi connectivity index (χ2n) is 6.68. The summed E-state index contributed by atoms with van der Waals surface area (Å²) in [5, 5.41) is 9.48. The third-order valence-corrected chi connectivity index (χ3v) is 4.34. The molecule has 0 aliphatic carbocycles. The number of esters is 1. The van der Waals surface area contributed by atoms with Crippen molar-refractivity contribution in [2.45, 2.75) is 46.1 Å². The summed E-state index contributed by atoms with van der Waals surface area (Å²) >= 11 is 0. The Bertz CT molecular complexity index is 810. The van der Waals surface area contributed by atoms with Crippen LogP contribution in [0.5, 0.6) is 11.5 Å². The molecule has 1 rings (SSSR count). The van der Waals surface area contributed by atoms with Crippen molar-refractivity contribution in [3.8, 4) is 11.5 Å². The van der Waals surface area contributed by atoms with E-state index in [1.54, 1.807) is 27.7 Å². The maximum absolute atomic E-state index is 11.9. The summed E-state index contributed by atoms with van der Waals surface area (Å²) in [4.78, 5) is 46.7. The number of carbonyl (C=O) groups excluding carboxylic acids is 3. The number of carboxylic acids is 1. The summed E-state index contributed by atoms with van der Waals surface area (Å²) in [5.41, 5.74) is 6.27. The first-order valence-electron chi connectivity index (χ1n) is 10.1. The molecule has 0 aliphatic rings. The fraction of sp³-hybridized carbons (Fsp3) is 0.524. The number of rotatable bonds is 11. The van der Waals surface area contributed by atoms with Crippen molar-refractivity contribution in [2.75, 3.05) is 19.8 Å². The second-order valence-corrected chi connectivity index (χ2v) is 6.68. The van der Waals surface area contributed by atoms with Crippen molar-refractivity contribution >= 4 is 24.2 Å². The first-order chi connectivity index (χ1) is 15.1. The number of ether oxygens (including phenoxy) is 5. The van der Waals surface area contributed by atoms with E-state index < -0.39 is 42.1 Å². The molecule has 0 aliphatic heterocycles. The van der Waals surface area contributed by atoms with Gasteiger partial charge in [-0.2, -0.15) is 0 Å². The molecule has 0 fully saturated rings. The van der Waals surface area contributed by atoms with Gasteiger partial charge in [0.1, 0.15) is 6.04 Å². The highest BCUT2D eigenvalue weighted by Crippen LogP contribution is 2.36. The molecule has 11 nitrogen and oxygen atoms in total. The summed E-state index contributed by atoms with van der Waals surface area (Å²) in [6.07, 6.45) is -1.91. The van der Waals surface area contributed by atoms with Crippen LogP contribution < -0.4 is 15.2 Å². The van der Waals surface area contributed by atoms with Gasteiger partial charge >= 0.3 is 24.2 Å². The topological polar surface area (TPSA) is 161 Å². The Balaban J connectivity index is 3.34. The van der Waals surface area contributed by atoms with Gasteiger partial charge in [-0.15, -0.1) is 0 Å². The highest BCUT2D eigenvalue weighted by Gasteiger charge is 2.32. The molecule has 0 aromatic heterocycles. The summed E-state index contributed by atoms with van der Waals surface area (Å²) in [6.45, 7) is 6.50. The van der Waals surface area contributed by atoms with E-state index >= 15 is 0 Å². The highest BCUT2D eigenvalue weighted by molar-refractivity contribution is 5.75. The molecular weight excluding hydrogens is 426 g/mol. The van der Waals surface area contributed by atoms with E-state index in [4.69, 9.17) is 29.4 Å². The van der Waals surface area contributed by atoms with Crippen LogP contribution >= 0.6 is 0 Å². The first kappa shape index (κ1) is 26.7. The molecule has 178 valence electrons. The van der Waals surface area contributed by atoms with Gasteiger partial charge in [-0.1, -0.05) is 19.9 Å². The summed E-state index contributed by atoms with van der Waals surface area (Å²) in [6, 6.07) is 2.74. The lowest BCUT2D eigenvalue weighted by Gasteiger charge is -2.28. The Labute approximate surface area is 185 Å². The minimum absolute atomic E-state index is 0.0406.